The number of nitrogens with one attached hydrogen (secondary N) is 1. The molecule has 4 nitrogen and oxygen atoms in total. The van der Waals surface area contributed by atoms with Crippen molar-refractivity contribution in [1.82, 2.24) is 5.32 Å². The number of benzene rings is 1. The highest BCUT2D eigenvalue weighted by atomic mass is 19.4. The topological polar surface area (TPSA) is 66.4 Å². The molecule has 2 N–H and O–H groups in total. The Morgan fingerprint density at radius 2 is 1.79 bits per heavy atom. The van der Waals surface area contributed by atoms with Crippen LogP contribution in [0.1, 0.15) is 11.6 Å². The van der Waals surface area contributed by atoms with E-state index < -0.39 is 41.3 Å². The molecule has 9 heteroatoms. The molecule has 0 aliphatic rings. The largest absolute Gasteiger partial charge is 0.479 e. The van der Waals surface area contributed by atoms with Gasteiger partial charge in [0.15, 0.2) is 6.04 Å². The van der Waals surface area contributed by atoms with Crippen molar-refractivity contribution in [2.75, 3.05) is 0 Å². The monoisotopic (exact) mass is 283 g/mol. The van der Waals surface area contributed by atoms with Crippen molar-refractivity contribution < 1.29 is 36.6 Å². The summed E-state index contributed by atoms with van der Waals surface area (Å²) in [4.78, 5) is 21.4. The molecule has 0 heterocycles. The third-order valence-electron chi connectivity index (χ3n) is 2.05. The van der Waals surface area contributed by atoms with E-state index in [0.29, 0.717) is 18.2 Å². The van der Waals surface area contributed by atoms with Crippen molar-refractivity contribution in [2.45, 2.75) is 12.2 Å². The molecule has 1 aromatic rings. The van der Waals surface area contributed by atoms with Gasteiger partial charge in [-0.3, -0.25) is 4.79 Å². The second-order valence-corrected chi connectivity index (χ2v) is 3.41. The first-order valence-corrected chi connectivity index (χ1v) is 4.68. The molecule has 1 rings (SSSR count). The standard InChI is InChI=1S/C10H6F5NO3/c11-4-1-2-6(12)5(3-4)7(8(17)18)16-9(19)10(13,14)15/h1-3,7H,(H,16,19)(H,17,18). The van der Waals surface area contributed by atoms with Crippen molar-refractivity contribution in [3.8, 4) is 0 Å². The molecule has 0 bridgehead atoms. The third-order valence-corrected chi connectivity index (χ3v) is 2.05. The van der Waals surface area contributed by atoms with Gasteiger partial charge in [0.1, 0.15) is 11.6 Å². The van der Waals surface area contributed by atoms with Gasteiger partial charge in [-0.2, -0.15) is 13.2 Å². The summed E-state index contributed by atoms with van der Waals surface area (Å²) in [5.41, 5.74) is -0.912. The predicted molar refractivity (Wildman–Crippen MR) is 50.9 cm³/mol. The highest BCUT2D eigenvalue weighted by Gasteiger charge is 2.41. The molecule has 0 spiro atoms. The molecule has 0 aliphatic heterocycles. The minimum atomic E-state index is -5.34. The number of halogens is 5. The minimum Gasteiger partial charge on any atom is -0.479 e. The van der Waals surface area contributed by atoms with Crippen LogP contribution in [0.15, 0.2) is 18.2 Å². The zero-order valence-electron chi connectivity index (χ0n) is 8.96. The number of carboxylic acids is 1. The van der Waals surface area contributed by atoms with Crippen LogP contribution in [0.5, 0.6) is 0 Å². The van der Waals surface area contributed by atoms with Crippen LogP contribution >= 0.6 is 0 Å². The average Bonchev–Trinajstić information content (AvgIpc) is 2.27. The second-order valence-electron chi connectivity index (χ2n) is 3.41. The van der Waals surface area contributed by atoms with Crippen molar-refractivity contribution in [3.05, 3.63) is 35.4 Å². The number of carboxylic acid groups (broad SMARTS) is 1. The van der Waals surface area contributed by atoms with E-state index in [2.05, 4.69) is 0 Å². The number of alkyl halides is 3. The molecule has 0 fully saturated rings. The molecule has 1 atom stereocenters. The number of hydrogen-bond donors (Lipinski definition) is 2. The van der Waals surface area contributed by atoms with Gasteiger partial charge in [0.25, 0.3) is 0 Å². The summed E-state index contributed by atoms with van der Waals surface area (Å²) in [7, 11) is 0. The molecule has 1 aromatic carbocycles. The molecule has 0 radical (unpaired) electrons. The number of carbonyl (C=O) groups excluding carboxylic acids is 1. The Bertz CT molecular complexity index is 514. The lowest BCUT2D eigenvalue weighted by Gasteiger charge is -2.16. The molecule has 0 saturated carbocycles. The van der Waals surface area contributed by atoms with Crippen molar-refractivity contribution in [3.63, 3.8) is 0 Å². The summed E-state index contributed by atoms with van der Waals surface area (Å²) >= 11 is 0. The third kappa shape index (κ3) is 3.63. The zero-order valence-corrected chi connectivity index (χ0v) is 8.96. The van der Waals surface area contributed by atoms with Crippen molar-refractivity contribution in [1.29, 1.82) is 0 Å². The maximum Gasteiger partial charge on any atom is 0.471 e. The van der Waals surface area contributed by atoms with Crippen molar-refractivity contribution in [2.24, 2.45) is 0 Å². The Morgan fingerprint density at radius 1 is 1.21 bits per heavy atom. The van der Waals surface area contributed by atoms with Crippen LogP contribution in [0.4, 0.5) is 22.0 Å². The first kappa shape index (κ1) is 14.9. The van der Waals surface area contributed by atoms with E-state index in [1.54, 1.807) is 0 Å². The Morgan fingerprint density at radius 3 is 2.26 bits per heavy atom. The first-order valence-electron chi connectivity index (χ1n) is 4.68. The summed E-state index contributed by atoms with van der Waals surface area (Å²) in [5, 5.41) is 9.76. The fourth-order valence-corrected chi connectivity index (χ4v) is 1.22. The summed E-state index contributed by atoms with van der Waals surface area (Å²) in [6.07, 6.45) is -5.34. The number of hydrogen-bond acceptors (Lipinski definition) is 2. The van der Waals surface area contributed by atoms with Gasteiger partial charge in [0.05, 0.1) is 0 Å². The molecule has 19 heavy (non-hydrogen) atoms. The molecule has 1 amide bonds. The molecular weight excluding hydrogens is 277 g/mol. The molecular formula is C10H6F5NO3. The molecule has 104 valence electrons. The van der Waals surface area contributed by atoms with Crippen LogP contribution in [0.2, 0.25) is 0 Å². The van der Waals surface area contributed by atoms with Gasteiger partial charge in [0, 0.05) is 5.56 Å². The van der Waals surface area contributed by atoms with Gasteiger partial charge in [-0.15, -0.1) is 0 Å². The van der Waals surface area contributed by atoms with Gasteiger partial charge in [-0.05, 0) is 18.2 Å². The molecule has 0 aromatic heterocycles. The van der Waals surface area contributed by atoms with Crippen LogP contribution in [0, 0.1) is 11.6 Å². The number of amides is 1. The van der Waals surface area contributed by atoms with E-state index in [0.717, 1.165) is 5.32 Å². The van der Waals surface area contributed by atoms with E-state index in [9.17, 15) is 31.5 Å². The van der Waals surface area contributed by atoms with Crippen LogP contribution in [0.3, 0.4) is 0 Å². The summed E-state index contributed by atoms with van der Waals surface area (Å²) < 4.78 is 62.1. The Balaban J connectivity index is 3.12. The maximum absolute atomic E-state index is 13.3. The normalized spacial score (nSPS) is 12.9. The van der Waals surface area contributed by atoms with Crippen LogP contribution < -0.4 is 5.32 Å². The van der Waals surface area contributed by atoms with E-state index in [4.69, 9.17) is 5.11 Å². The Hall–Kier alpha value is -2.19. The van der Waals surface area contributed by atoms with Gasteiger partial charge >= 0.3 is 18.1 Å². The summed E-state index contributed by atoms with van der Waals surface area (Å²) in [6, 6.07) is -0.751. The lowest BCUT2D eigenvalue weighted by atomic mass is 10.1. The molecule has 1 unspecified atom stereocenters. The molecule has 0 aliphatic carbocycles. The van der Waals surface area contributed by atoms with Crippen molar-refractivity contribution >= 4 is 11.9 Å². The predicted octanol–water partition coefficient (Wildman–Crippen LogP) is 1.77. The Labute approximate surface area is 102 Å². The van der Waals surface area contributed by atoms with Crippen LogP contribution in [0.25, 0.3) is 0 Å². The van der Waals surface area contributed by atoms with Gasteiger partial charge in [-0.25, -0.2) is 13.6 Å². The van der Waals surface area contributed by atoms with E-state index in [1.165, 1.54) is 0 Å². The van der Waals surface area contributed by atoms with E-state index in [1.807, 2.05) is 0 Å². The number of carbonyl (C=O) groups is 2. The minimum absolute atomic E-state index is 0.394. The highest BCUT2D eigenvalue weighted by molar-refractivity contribution is 5.87. The highest BCUT2D eigenvalue weighted by Crippen LogP contribution is 2.22. The first-order chi connectivity index (χ1) is 8.62. The lowest BCUT2D eigenvalue weighted by Crippen LogP contribution is -2.42. The number of aliphatic carboxylic acids is 1. The van der Waals surface area contributed by atoms with Gasteiger partial charge in [-0.1, -0.05) is 0 Å². The average molecular weight is 283 g/mol. The van der Waals surface area contributed by atoms with Crippen LogP contribution in [-0.4, -0.2) is 23.2 Å². The quantitative estimate of drug-likeness (QED) is 0.831. The van der Waals surface area contributed by atoms with Crippen LogP contribution in [-0.2, 0) is 9.59 Å². The summed E-state index contributed by atoms with van der Waals surface area (Å²) in [5.74, 6) is -6.83. The lowest BCUT2D eigenvalue weighted by molar-refractivity contribution is -0.175. The van der Waals surface area contributed by atoms with Gasteiger partial charge in [0.2, 0.25) is 0 Å². The maximum atomic E-state index is 13.3. The zero-order chi connectivity index (χ0) is 14.8. The summed E-state index contributed by atoms with van der Waals surface area (Å²) in [6.45, 7) is 0. The SMILES string of the molecule is O=C(O)C(NC(=O)C(F)(F)F)c1cc(F)ccc1F. The fraction of sp³-hybridized carbons (Fsp3) is 0.200. The molecule has 0 saturated heterocycles. The van der Waals surface area contributed by atoms with E-state index >= 15 is 0 Å². The smallest absolute Gasteiger partial charge is 0.471 e. The van der Waals surface area contributed by atoms with E-state index in [-0.39, 0.29) is 0 Å². The fourth-order valence-electron chi connectivity index (χ4n) is 1.22. The number of rotatable bonds is 3. The van der Waals surface area contributed by atoms with Gasteiger partial charge < -0.3 is 10.4 Å². The second kappa shape index (κ2) is 5.21. The Kier molecular flexibility index (Phi) is 4.07.